The zero-order valence-electron chi connectivity index (χ0n) is 9.45. The lowest BCUT2D eigenvalue weighted by atomic mass is 9.94. The summed E-state index contributed by atoms with van der Waals surface area (Å²) in [6.07, 6.45) is -8.44. The largest absolute Gasteiger partial charge is 0.460 e. The van der Waals surface area contributed by atoms with Gasteiger partial charge < -0.3 is 0 Å². The van der Waals surface area contributed by atoms with Crippen LogP contribution >= 0.6 is 22.6 Å². The number of halogens is 14. The molecule has 0 N–H and O–H groups in total. The van der Waals surface area contributed by atoms with Crippen LogP contribution in [0.1, 0.15) is 0 Å². The predicted octanol–water partition coefficient (Wildman–Crippen LogP) is 5.67. The molecular formula is C8H2F13I. The Morgan fingerprint density at radius 2 is 0.818 bits per heavy atom. The summed E-state index contributed by atoms with van der Waals surface area (Å²) in [4.78, 5) is 0. The standard InChI is InChI=1S/C8H2F13I/c9-3(10,1-2-22)4(11,12)5(13,14)6(15,16)7(17,18)8(19,20)21/h1-2H. The highest BCUT2D eigenvalue weighted by molar-refractivity contribution is 14.1. The Labute approximate surface area is 126 Å². The first-order chi connectivity index (χ1) is 9.31. The third-order valence-electron chi connectivity index (χ3n) is 2.23. The van der Waals surface area contributed by atoms with E-state index in [0.717, 1.165) is 22.6 Å². The molecule has 0 rings (SSSR count). The fourth-order valence-electron chi connectivity index (χ4n) is 0.965. The van der Waals surface area contributed by atoms with Gasteiger partial charge in [-0.15, -0.1) is 0 Å². The molecule has 0 aromatic carbocycles. The van der Waals surface area contributed by atoms with Crippen LogP contribution in [0.25, 0.3) is 0 Å². The summed E-state index contributed by atoms with van der Waals surface area (Å²) in [5.74, 6) is -36.6. The molecule has 0 bridgehead atoms. The van der Waals surface area contributed by atoms with Gasteiger partial charge in [-0.2, -0.15) is 57.1 Å². The molecule has 0 saturated heterocycles. The van der Waals surface area contributed by atoms with E-state index >= 15 is 0 Å². The quantitative estimate of drug-likeness (QED) is 0.358. The monoisotopic (exact) mass is 472 g/mol. The molecule has 0 aromatic rings. The molecule has 0 heterocycles. The lowest BCUT2D eigenvalue weighted by Crippen LogP contribution is -2.69. The molecule has 132 valence electrons. The minimum Gasteiger partial charge on any atom is -0.195 e. The third kappa shape index (κ3) is 2.86. The summed E-state index contributed by atoms with van der Waals surface area (Å²) in [5.41, 5.74) is 0. The summed E-state index contributed by atoms with van der Waals surface area (Å²) in [7, 11) is 0. The Hall–Kier alpha value is -0.440. The van der Waals surface area contributed by atoms with Gasteiger partial charge in [0.25, 0.3) is 0 Å². The molecule has 0 nitrogen and oxygen atoms in total. The maximum absolute atomic E-state index is 12.8. The van der Waals surface area contributed by atoms with E-state index in [0.29, 0.717) is 0 Å². The predicted molar refractivity (Wildman–Crippen MR) is 54.0 cm³/mol. The second kappa shape index (κ2) is 5.58. The summed E-state index contributed by atoms with van der Waals surface area (Å²) < 4.78 is 162. The number of rotatable bonds is 5. The number of allylic oxidation sites excluding steroid dienone is 1. The summed E-state index contributed by atoms with van der Waals surface area (Å²) >= 11 is 0.776. The van der Waals surface area contributed by atoms with Crippen molar-refractivity contribution in [1.29, 1.82) is 0 Å². The average molecular weight is 472 g/mol. The van der Waals surface area contributed by atoms with Crippen LogP contribution in [0.15, 0.2) is 10.2 Å². The van der Waals surface area contributed by atoms with Gasteiger partial charge in [-0.1, -0.05) is 22.6 Å². The Morgan fingerprint density at radius 3 is 1.09 bits per heavy atom. The fourth-order valence-corrected chi connectivity index (χ4v) is 1.42. The van der Waals surface area contributed by atoms with Gasteiger partial charge >= 0.3 is 35.8 Å². The normalized spacial score (nSPS) is 16.5. The maximum atomic E-state index is 12.8. The van der Waals surface area contributed by atoms with Crippen molar-refractivity contribution < 1.29 is 57.1 Å². The highest BCUT2D eigenvalue weighted by Gasteiger charge is 2.90. The third-order valence-corrected chi connectivity index (χ3v) is 2.59. The minimum atomic E-state index is -7.84. The van der Waals surface area contributed by atoms with E-state index in [9.17, 15) is 57.1 Å². The van der Waals surface area contributed by atoms with Crippen LogP contribution in [0, 0.1) is 0 Å². The maximum Gasteiger partial charge on any atom is 0.460 e. The van der Waals surface area contributed by atoms with Crippen molar-refractivity contribution >= 4 is 22.6 Å². The second-order valence-electron chi connectivity index (χ2n) is 3.71. The molecular weight excluding hydrogens is 470 g/mol. The van der Waals surface area contributed by atoms with Gasteiger partial charge in [-0.3, -0.25) is 0 Å². The molecule has 22 heavy (non-hydrogen) atoms. The molecule has 0 spiro atoms. The van der Waals surface area contributed by atoms with Gasteiger partial charge in [-0.25, -0.2) is 0 Å². The Morgan fingerprint density at radius 1 is 0.500 bits per heavy atom. The first-order valence-corrected chi connectivity index (χ1v) is 5.79. The number of alkyl halides is 13. The van der Waals surface area contributed by atoms with Gasteiger partial charge in [0.15, 0.2) is 0 Å². The van der Waals surface area contributed by atoms with Gasteiger partial charge in [0, 0.05) is 0 Å². The molecule has 0 saturated carbocycles. The van der Waals surface area contributed by atoms with E-state index in [1.54, 1.807) is 0 Å². The molecule has 0 aliphatic rings. The highest BCUT2D eigenvalue weighted by Crippen LogP contribution is 2.60. The van der Waals surface area contributed by atoms with Crippen LogP contribution in [-0.4, -0.2) is 35.8 Å². The smallest absolute Gasteiger partial charge is 0.195 e. The van der Waals surface area contributed by atoms with Crippen LogP contribution in [0.2, 0.25) is 0 Å². The number of hydrogen-bond acceptors (Lipinski definition) is 0. The van der Waals surface area contributed by atoms with E-state index in [1.807, 2.05) is 0 Å². The van der Waals surface area contributed by atoms with Crippen molar-refractivity contribution in [3.05, 3.63) is 10.2 Å². The zero-order valence-corrected chi connectivity index (χ0v) is 11.6. The molecule has 14 heteroatoms. The molecule has 0 aromatic heterocycles. The highest BCUT2D eigenvalue weighted by atomic mass is 127. The van der Waals surface area contributed by atoms with E-state index in [2.05, 4.69) is 0 Å². The Bertz CT molecular complexity index is 432. The van der Waals surface area contributed by atoms with Crippen LogP contribution in [0.3, 0.4) is 0 Å². The van der Waals surface area contributed by atoms with Crippen LogP contribution in [-0.2, 0) is 0 Å². The second-order valence-corrected chi connectivity index (χ2v) is 4.43. The summed E-state index contributed by atoms with van der Waals surface area (Å²) in [6, 6.07) is 0. The molecule has 0 fully saturated rings. The lowest BCUT2D eigenvalue weighted by Gasteiger charge is -2.39. The first-order valence-electron chi connectivity index (χ1n) is 4.55. The first kappa shape index (κ1) is 21.6. The van der Waals surface area contributed by atoms with Crippen LogP contribution in [0.4, 0.5) is 57.1 Å². The van der Waals surface area contributed by atoms with Gasteiger partial charge in [0.05, 0.1) is 0 Å². The molecule has 0 unspecified atom stereocenters. The van der Waals surface area contributed by atoms with Crippen molar-refractivity contribution in [1.82, 2.24) is 0 Å². The molecule has 0 atom stereocenters. The van der Waals surface area contributed by atoms with E-state index < -0.39 is 41.9 Å². The lowest BCUT2D eigenvalue weighted by molar-refractivity contribution is -0.436. The molecule has 0 aliphatic carbocycles. The van der Waals surface area contributed by atoms with Gasteiger partial charge in [-0.05, 0) is 10.2 Å². The summed E-state index contributed by atoms with van der Waals surface area (Å²) in [5, 5.41) is 0. The average Bonchev–Trinajstić information content (AvgIpc) is 2.26. The minimum absolute atomic E-state index is 0.0399. The topological polar surface area (TPSA) is 0 Å². The van der Waals surface area contributed by atoms with E-state index in [4.69, 9.17) is 0 Å². The number of hydrogen-bond donors (Lipinski definition) is 0. The Balaban J connectivity index is 6.23. The molecule has 0 amide bonds. The summed E-state index contributed by atoms with van der Waals surface area (Å²) in [6.45, 7) is 0. The van der Waals surface area contributed by atoms with Crippen molar-refractivity contribution in [2.24, 2.45) is 0 Å². The van der Waals surface area contributed by atoms with E-state index in [1.165, 1.54) is 0 Å². The zero-order chi connectivity index (χ0) is 18.4. The van der Waals surface area contributed by atoms with Crippen LogP contribution in [0.5, 0.6) is 0 Å². The van der Waals surface area contributed by atoms with E-state index in [-0.39, 0.29) is 4.08 Å². The van der Waals surface area contributed by atoms with Crippen molar-refractivity contribution in [2.75, 3.05) is 0 Å². The molecule has 0 radical (unpaired) electrons. The van der Waals surface area contributed by atoms with Gasteiger partial charge in [0.1, 0.15) is 0 Å². The van der Waals surface area contributed by atoms with Crippen molar-refractivity contribution in [2.45, 2.75) is 35.8 Å². The SMILES string of the molecule is FC(F)(F)C(F)(F)C(F)(F)C(F)(F)C(F)(F)C(F)(F)C=CI. The Kier molecular flexibility index (Phi) is 5.46. The molecule has 0 aliphatic heterocycles. The van der Waals surface area contributed by atoms with Crippen molar-refractivity contribution in [3.8, 4) is 0 Å². The van der Waals surface area contributed by atoms with Crippen LogP contribution < -0.4 is 0 Å². The van der Waals surface area contributed by atoms with Crippen molar-refractivity contribution in [3.63, 3.8) is 0 Å². The fraction of sp³-hybridized carbons (Fsp3) is 0.750. The van der Waals surface area contributed by atoms with Gasteiger partial charge in [0.2, 0.25) is 0 Å².